The minimum absolute atomic E-state index is 0.111. The van der Waals surface area contributed by atoms with E-state index >= 15 is 0 Å². The summed E-state index contributed by atoms with van der Waals surface area (Å²) in [5.74, 6) is 0. The molecule has 1 aromatic carbocycles. The van der Waals surface area contributed by atoms with Gasteiger partial charge in [-0.3, -0.25) is 0 Å². The minimum Gasteiger partial charge on any atom is -0.116 e. The monoisotopic (exact) mass is 212 g/mol. The average molecular weight is 212 g/mol. The first kappa shape index (κ1) is 12.5. The zero-order valence-electron chi connectivity index (χ0n) is 10.6. The van der Waals surface area contributed by atoms with Crippen molar-refractivity contribution in [2.75, 3.05) is 0 Å². The normalized spacial score (nSPS) is 11.2. The van der Waals surface area contributed by atoms with Gasteiger partial charge in [-0.1, -0.05) is 63.3 Å². The quantitative estimate of drug-likeness (QED) is 0.485. The van der Waals surface area contributed by atoms with E-state index in [-0.39, 0.29) is 5.41 Å². The van der Waals surface area contributed by atoms with Gasteiger partial charge in [0.2, 0.25) is 0 Å². The fraction of sp³-hybridized carbons (Fsp3) is 0.312. The minimum atomic E-state index is 0.111. The average Bonchev–Trinajstić information content (AvgIpc) is 2.24. The van der Waals surface area contributed by atoms with Gasteiger partial charge in [0.25, 0.3) is 0 Å². The van der Waals surface area contributed by atoms with Crippen molar-refractivity contribution in [1.29, 1.82) is 0 Å². The SMILES string of the molecule is C/C=C/C=C=C(c1ccccc1)C(C)(C)C. The molecule has 0 amide bonds. The Labute approximate surface area is 99.0 Å². The molecule has 0 fully saturated rings. The second-order valence-corrected chi connectivity index (χ2v) is 4.83. The Morgan fingerprint density at radius 2 is 1.75 bits per heavy atom. The van der Waals surface area contributed by atoms with Crippen molar-refractivity contribution in [2.45, 2.75) is 27.7 Å². The molecule has 0 aromatic heterocycles. The maximum absolute atomic E-state index is 3.38. The zero-order chi connectivity index (χ0) is 12.0. The molecule has 0 aliphatic rings. The van der Waals surface area contributed by atoms with Crippen LogP contribution >= 0.6 is 0 Å². The molecule has 0 aliphatic heterocycles. The molecule has 0 radical (unpaired) electrons. The Morgan fingerprint density at radius 3 is 2.25 bits per heavy atom. The summed E-state index contributed by atoms with van der Waals surface area (Å²) < 4.78 is 0. The molecule has 0 aliphatic carbocycles. The van der Waals surface area contributed by atoms with Crippen LogP contribution < -0.4 is 0 Å². The van der Waals surface area contributed by atoms with Gasteiger partial charge in [-0.05, 0) is 24.0 Å². The van der Waals surface area contributed by atoms with Crippen molar-refractivity contribution in [3.05, 3.63) is 59.9 Å². The summed E-state index contributed by atoms with van der Waals surface area (Å²) >= 11 is 0. The Kier molecular flexibility index (Phi) is 4.34. The van der Waals surface area contributed by atoms with Crippen LogP contribution in [0.2, 0.25) is 0 Å². The standard InChI is InChI=1S/C16H20/c1-5-6-8-13-15(16(2,3)4)14-11-9-7-10-12-14/h5-12H,1-4H3/b6-5+. The van der Waals surface area contributed by atoms with Crippen LogP contribution in [0.15, 0.2) is 54.3 Å². The fourth-order valence-electron chi connectivity index (χ4n) is 1.57. The van der Waals surface area contributed by atoms with E-state index in [1.807, 2.05) is 31.2 Å². The van der Waals surface area contributed by atoms with Gasteiger partial charge >= 0.3 is 0 Å². The van der Waals surface area contributed by atoms with E-state index in [0.717, 1.165) is 0 Å². The Balaban J connectivity index is 3.23. The van der Waals surface area contributed by atoms with E-state index in [4.69, 9.17) is 0 Å². The third-order valence-corrected chi connectivity index (χ3v) is 2.33. The Morgan fingerprint density at radius 1 is 1.12 bits per heavy atom. The van der Waals surface area contributed by atoms with E-state index < -0.39 is 0 Å². The van der Waals surface area contributed by atoms with Gasteiger partial charge in [-0.25, -0.2) is 0 Å². The maximum atomic E-state index is 3.38. The van der Waals surface area contributed by atoms with Gasteiger partial charge in [0.05, 0.1) is 0 Å². The molecule has 1 rings (SSSR count). The molecule has 0 N–H and O–H groups in total. The smallest absolute Gasteiger partial charge is 0.00656 e. The molecule has 0 heteroatoms. The molecule has 0 heterocycles. The summed E-state index contributed by atoms with van der Waals surface area (Å²) in [4.78, 5) is 0. The first-order valence-corrected chi connectivity index (χ1v) is 5.69. The fourth-order valence-corrected chi connectivity index (χ4v) is 1.57. The lowest BCUT2D eigenvalue weighted by Crippen LogP contribution is -2.07. The third-order valence-electron chi connectivity index (χ3n) is 2.33. The topological polar surface area (TPSA) is 0 Å². The summed E-state index contributed by atoms with van der Waals surface area (Å²) in [5.41, 5.74) is 5.98. The van der Waals surface area contributed by atoms with Crippen molar-refractivity contribution >= 4 is 5.57 Å². The predicted molar refractivity (Wildman–Crippen MR) is 72.2 cm³/mol. The molecule has 0 bridgehead atoms. The molecular weight excluding hydrogens is 192 g/mol. The zero-order valence-corrected chi connectivity index (χ0v) is 10.6. The van der Waals surface area contributed by atoms with E-state index in [1.165, 1.54) is 11.1 Å². The molecule has 0 saturated heterocycles. The highest BCUT2D eigenvalue weighted by Gasteiger charge is 2.17. The van der Waals surface area contributed by atoms with Crippen LogP contribution in [-0.2, 0) is 0 Å². The molecule has 84 valence electrons. The van der Waals surface area contributed by atoms with Crippen LogP contribution in [-0.4, -0.2) is 0 Å². The lowest BCUT2D eigenvalue weighted by molar-refractivity contribution is 0.567. The predicted octanol–water partition coefficient (Wildman–Crippen LogP) is 4.85. The van der Waals surface area contributed by atoms with E-state index in [2.05, 4.69) is 50.8 Å². The van der Waals surface area contributed by atoms with Gasteiger partial charge in [-0.2, -0.15) is 0 Å². The number of allylic oxidation sites excluding steroid dienone is 3. The molecule has 0 nitrogen and oxygen atoms in total. The summed E-state index contributed by atoms with van der Waals surface area (Å²) in [5, 5.41) is 0. The lowest BCUT2D eigenvalue weighted by atomic mass is 9.82. The Bertz CT molecular complexity index is 407. The van der Waals surface area contributed by atoms with Gasteiger partial charge in [0.15, 0.2) is 0 Å². The van der Waals surface area contributed by atoms with E-state index in [1.54, 1.807) is 0 Å². The van der Waals surface area contributed by atoms with Crippen molar-refractivity contribution in [2.24, 2.45) is 5.41 Å². The number of rotatable bonds is 2. The van der Waals surface area contributed by atoms with Gasteiger partial charge in [-0.15, -0.1) is 5.73 Å². The molecule has 0 atom stereocenters. The van der Waals surface area contributed by atoms with E-state index in [0.29, 0.717) is 0 Å². The van der Waals surface area contributed by atoms with Gasteiger partial charge in [0, 0.05) is 5.57 Å². The number of hydrogen-bond acceptors (Lipinski definition) is 0. The Hall–Kier alpha value is -1.52. The first-order chi connectivity index (χ1) is 7.55. The summed E-state index contributed by atoms with van der Waals surface area (Å²) in [6, 6.07) is 10.4. The highest BCUT2D eigenvalue weighted by Crippen LogP contribution is 2.32. The molecule has 0 saturated carbocycles. The van der Waals surface area contributed by atoms with Crippen LogP contribution in [0.4, 0.5) is 0 Å². The number of hydrogen-bond donors (Lipinski definition) is 0. The highest BCUT2D eigenvalue weighted by molar-refractivity contribution is 5.69. The van der Waals surface area contributed by atoms with Crippen LogP contribution in [0.1, 0.15) is 33.3 Å². The van der Waals surface area contributed by atoms with Crippen molar-refractivity contribution in [3.8, 4) is 0 Å². The third kappa shape index (κ3) is 3.56. The molecule has 16 heavy (non-hydrogen) atoms. The first-order valence-electron chi connectivity index (χ1n) is 5.69. The largest absolute Gasteiger partial charge is 0.116 e. The van der Waals surface area contributed by atoms with Crippen LogP contribution in [0, 0.1) is 5.41 Å². The summed E-state index contributed by atoms with van der Waals surface area (Å²) in [6.45, 7) is 8.65. The highest BCUT2D eigenvalue weighted by atomic mass is 14.2. The summed E-state index contributed by atoms with van der Waals surface area (Å²) in [7, 11) is 0. The molecule has 0 spiro atoms. The molecule has 0 unspecified atom stereocenters. The summed E-state index contributed by atoms with van der Waals surface area (Å²) in [6.07, 6.45) is 6.00. The van der Waals surface area contributed by atoms with Crippen LogP contribution in [0.3, 0.4) is 0 Å². The van der Waals surface area contributed by atoms with Gasteiger partial charge < -0.3 is 0 Å². The lowest BCUT2D eigenvalue weighted by Gasteiger charge is -2.21. The maximum Gasteiger partial charge on any atom is 0.00656 e. The molecular formula is C16H20. The van der Waals surface area contributed by atoms with Crippen LogP contribution in [0.5, 0.6) is 0 Å². The van der Waals surface area contributed by atoms with Gasteiger partial charge in [0.1, 0.15) is 0 Å². The second-order valence-electron chi connectivity index (χ2n) is 4.83. The number of benzene rings is 1. The molecule has 1 aromatic rings. The van der Waals surface area contributed by atoms with Crippen molar-refractivity contribution in [1.82, 2.24) is 0 Å². The second kappa shape index (κ2) is 5.53. The van der Waals surface area contributed by atoms with E-state index in [9.17, 15) is 0 Å². The van der Waals surface area contributed by atoms with Crippen molar-refractivity contribution in [3.63, 3.8) is 0 Å². The van der Waals surface area contributed by atoms with Crippen LogP contribution in [0.25, 0.3) is 5.57 Å². The van der Waals surface area contributed by atoms with Crippen molar-refractivity contribution < 1.29 is 0 Å².